The molecule has 2 rings (SSSR count). The van der Waals surface area contributed by atoms with Crippen molar-refractivity contribution in [3.63, 3.8) is 0 Å². The van der Waals surface area contributed by atoms with Crippen molar-refractivity contribution in [1.29, 1.82) is 0 Å². The first-order valence-electron chi connectivity index (χ1n) is 5.38. The maximum Gasteiger partial charge on any atom is 0.265 e. The lowest BCUT2D eigenvalue weighted by Gasteiger charge is -2.33. The number of hydrogen-bond acceptors (Lipinski definition) is 3. The maximum atomic E-state index is 12.0. The lowest BCUT2D eigenvalue weighted by atomic mass is 9.84. The first-order valence-corrected chi connectivity index (χ1v) is 6.63. The largest absolute Gasteiger partial charge is 0.341 e. The predicted molar refractivity (Wildman–Crippen MR) is 66.2 cm³/mol. The topological polar surface area (TPSA) is 33.2 Å². The molecule has 0 aliphatic heterocycles. The van der Waals surface area contributed by atoms with E-state index < -0.39 is 0 Å². The zero-order valence-corrected chi connectivity index (χ0v) is 11.0. The van der Waals surface area contributed by atoms with Crippen molar-refractivity contribution >= 4 is 28.8 Å². The van der Waals surface area contributed by atoms with Gasteiger partial charge in [-0.3, -0.25) is 4.79 Å². The number of carbonyl (C=O) groups excluding carboxylic acids is 1. The van der Waals surface area contributed by atoms with E-state index in [1.807, 2.05) is 14.0 Å². The number of nitrogens with zero attached hydrogens (tertiary/aromatic N) is 2. The van der Waals surface area contributed by atoms with Crippen LogP contribution in [0.1, 0.15) is 27.5 Å². The number of alkyl halides is 1. The maximum absolute atomic E-state index is 12.0. The lowest BCUT2D eigenvalue weighted by molar-refractivity contribution is 0.0751. The molecule has 16 heavy (non-hydrogen) atoms. The third-order valence-electron chi connectivity index (χ3n) is 2.89. The molecule has 1 fully saturated rings. The van der Waals surface area contributed by atoms with Gasteiger partial charge in [0.2, 0.25) is 0 Å². The molecular weight excluding hydrogens is 244 g/mol. The Hall–Kier alpha value is -0.610. The Labute approximate surface area is 104 Å². The van der Waals surface area contributed by atoms with Crippen LogP contribution in [0.3, 0.4) is 0 Å². The molecule has 0 aromatic carbocycles. The SMILES string of the molecule is Cc1ncc(C(=O)N(C)CC2CC(Cl)C2)s1. The quantitative estimate of drug-likeness (QED) is 0.781. The summed E-state index contributed by atoms with van der Waals surface area (Å²) < 4.78 is 0. The van der Waals surface area contributed by atoms with Crippen LogP contribution < -0.4 is 0 Å². The van der Waals surface area contributed by atoms with Crippen LogP contribution in [0.4, 0.5) is 0 Å². The van der Waals surface area contributed by atoms with Gasteiger partial charge >= 0.3 is 0 Å². The summed E-state index contributed by atoms with van der Waals surface area (Å²) in [6.45, 7) is 2.71. The van der Waals surface area contributed by atoms with Gasteiger partial charge in [0.1, 0.15) is 4.88 Å². The van der Waals surface area contributed by atoms with Crippen LogP contribution in [0.2, 0.25) is 0 Å². The standard InChI is InChI=1S/C11H15ClN2OS/c1-7-13-5-10(16-7)11(15)14(2)6-8-3-9(12)4-8/h5,8-9H,3-4,6H2,1-2H3. The summed E-state index contributed by atoms with van der Waals surface area (Å²) in [5.74, 6) is 0.647. The van der Waals surface area contributed by atoms with Crippen LogP contribution in [-0.4, -0.2) is 34.8 Å². The van der Waals surface area contributed by atoms with Gasteiger partial charge in [-0.25, -0.2) is 4.98 Å². The number of amides is 1. The Morgan fingerprint density at radius 1 is 1.69 bits per heavy atom. The van der Waals surface area contributed by atoms with Gasteiger partial charge in [-0.2, -0.15) is 0 Å². The average molecular weight is 259 g/mol. The number of rotatable bonds is 3. The zero-order valence-electron chi connectivity index (χ0n) is 9.44. The molecule has 0 unspecified atom stereocenters. The van der Waals surface area contributed by atoms with E-state index in [-0.39, 0.29) is 5.91 Å². The molecule has 0 N–H and O–H groups in total. The van der Waals surface area contributed by atoms with E-state index in [0.29, 0.717) is 11.3 Å². The van der Waals surface area contributed by atoms with E-state index in [1.54, 1.807) is 11.1 Å². The minimum atomic E-state index is 0.0728. The fourth-order valence-electron chi connectivity index (χ4n) is 1.92. The molecule has 1 aliphatic rings. The minimum absolute atomic E-state index is 0.0728. The summed E-state index contributed by atoms with van der Waals surface area (Å²) in [6.07, 6.45) is 3.71. The van der Waals surface area contributed by atoms with Crippen molar-refractivity contribution in [3.8, 4) is 0 Å². The van der Waals surface area contributed by atoms with E-state index in [9.17, 15) is 4.79 Å². The van der Waals surface area contributed by atoms with Gasteiger partial charge in [-0.05, 0) is 25.7 Å². The number of halogens is 1. The van der Waals surface area contributed by atoms with Gasteiger partial charge in [0, 0.05) is 19.0 Å². The highest BCUT2D eigenvalue weighted by molar-refractivity contribution is 7.13. The van der Waals surface area contributed by atoms with Gasteiger partial charge in [0.25, 0.3) is 5.91 Å². The van der Waals surface area contributed by atoms with Gasteiger partial charge in [-0.1, -0.05) is 0 Å². The number of thiazole rings is 1. The fraction of sp³-hybridized carbons (Fsp3) is 0.636. The Morgan fingerprint density at radius 2 is 2.38 bits per heavy atom. The molecule has 0 spiro atoms. The molecule has 1 heterocycles. The Balaban J connectivity index is 1.89. The smallest absolute Gasteiger partial charge is 0.265 e. The molecule has 1 aliphatic carbocycles. The third-order valence-corrected chi connectivity index (χ3v) is 4.15. The van der Waals surface area contributed by atoms with E-state index >= 15 is 0 Å². The molecule has 0 bridgehead atoms. The molecule has 1 aromatic rings. The average Bonchev–Trinajstić information content (AvgIpc) is 2.61. The molecule has 1 amide bonds. The second-order valence-corrected chi connectivity index (χ2v) is 6.22. The number of carbonyl (C=O) groups is 1. The first kappa shape index (κ1) is 11.9. The molecule has 88 valence electrons. The number of aromatic nitrogens is 1. The Kier molecular flexibility index (Phi) is 3.50. The molecular formula is C11H15ClN2OS. The van der Waals surface area contributed by atoms with Gasteiger partial charge in [-0.15, -0.1) is 22.9 Å². The highest BCUT2D eigenvalue weighted by Gasteiger charge is 2.29. The van der Waals surface area contributed by atoms with Crippen LogP contribution in [-0.2, 0) is 0 Å². The summed E-state index contributed by atoms with van der Waals surface area (Å²) in [4.78, 5) is 18.6. The van der Waals surface area contributed by atoms with Crippen molar-refractivity contribution < 1.29 is 4.79 Å². The van der Waals surface area contributed by atoms with Crippen molar-refractivity contribution in [3.05, 3.63) is 16.1 Å². The second kappa shape index (κ2) is 4.72. The van der Waals surface area contributed by atoms with Gasteiger partial charge in [0.05, 0.1) is 11.2 Å². The monoisotopic (exact) mass is 258 g/mol. The van der Waals surface area contributed by atoms with Crippen molar-refractivity contribution in [2.75, 3.05) is 13.6 Å². The number of hydrogen-bond donors (Lipinski definition) is 0. The van der Waals surface area contributed by atoms with Crippen LogP contribution in [0, 0.1) is 12.8 Å². The van der Waals surface area contributed by atoms with Crippen molar-refractivity contribution in [2.45, 2.75) is 25.1 Å². The van der Waals surface area contributed by atoms with Crippen LogP contribution in [0.5, 0.6) is 0 Å². The van der Waals surface area contributed by atoms with Gasteiger partial charge in [0.15, 0.2) is 0 Å². The lowest BCUT2D eigenvalue weighted by Crippen LogP contribution is -2.37. The predicted octanol–water partition coefficient (Wildman–Crippen LogP) is 2.54. The summed E-state index contributed by atoms with van der Waals surface area (Å²) >= 11 is 7.36. The van der Waals surface area contributed by atoms with Crippen LogP contribution in [0.25, 0.3) is 0 Å². The third kappa shape index (κ3) is 2.55. The Bertz CT molecular complexity index is 387. The molecule has 0 radical (unpaired) electrons. The molecule has 0 atom stereocenters. The molecule has 1 aromatic heterocycles. The fourth-order valence-corrected chi connectivity index (χ4v) is 3.20. The van der Waals surface area contributed by atoms with E-state index in [4.69, 9.17) is 11.6 Å². The van der Waals surface area contributed by atoms with E-state index in [0.717, 1.165) is 29.3 Å². The first-order chi connectivity index (χ1) is 7.56. The molecule has 3 nitrogen and oxygen atoms in total. The van der Waals surface area contributed by atoms with Crippen LogP contribution >= 0.6 is 22.9 Å². The van der Waals surface area contributed by atoms with Crippen molar-refractivity contribution in [1.82, 2.24) is 9.88 Å². The van der Waals surface area contributed by atoms with Crippen LogP contribution in [0.15, 0.2) is 6.20 Å². The molecule has 5 heteroatoms. The van der Waals surface area contributed by atoms with Gasteiger partial charge < -0.3 is 4.90 Å². The molecule has 0 saturated heterocycles. The summed E-state index contributed by atoms with van der Waals surface area (Å²) in [7, 11) is 1.85. The Morgan fingerprint density at radius 3 is 2.88 bits per heavy atom. The molecule has 1 saturated carbocycles. The highest BCUT2D eigenvalue weighted by Crippen LogP contribution is 2.32. The van der Waals surface area contributed by atoms with Crippen molar-refractivity contribution in [2.24, 2.45) is 5.92 Å². The minimum Gasteiger partial charge on any atom is -0.341 e. The highest BCUT2D eigenvalue weighted by atomic mass is 35.5. The number of aryl methyl sites for hydroxylation is 1. The summed E-state index contributed by atoms with van der Waals surface area (Å²) in [5, 5.41) is 1.25. The summed E-state index contributed by atoms with van der Waals surface area (Å²) in [5.41, 5.74) is 0. The zero-order chi connectivity index (χ0) is 11.7. The normalized spacial score (nSPS) is 23.9. The van der Waals surface area contributed by atoms with E-state index in [2.05, 4.69) is 4.98 Å². The van der Waals surface area contributed by atoms with E-state index in [1.165, 1.54) is 11.3 Å². The summed E-state index contributed by atoms with van der Waals surface area (Å²) in [6, 6.07) is 0. The second-order valence-electron chi connectivity index (χ2n) is 4.36.